The second kappa shape index (κ2) is 55.0. The normalized spacial score (nSPS) is 15.8. The van der Waals surface area contributed by atoms with Gasteiger partial charge in [-0.1, -0.05) is 52.7 Å². The molecule has 1 heterocycles. The van der Waals surface area contributed by atoms with E-state index in [-0.39, 0.29) is 108 Å². The van der Waals surface area contributed by atoms with Crippen LogP contribution in [0.4, 0.5) is 0 Å². The molecule has 1 aliphatic heterocycles. The number of benzene rings is 1. The number of hydrogen-bond acceptors (Lipinski definition) is 26. The fourth-order valence-electron chi connectivity index (χ4n) is 12.4. The topological polar surface area (TPSA) is 845 Å². The summed E-state index contributed by atoms with van der Waals surface area (Å²) in [5.74, 6) is -27.8. The number of primary amides is 1. The van der Waals surface area contributed by atoms with Gasteiger partial charge in [-0.2, -0.15) is 0 Å². The highest BCUT2D eigenvalue weighted by atomic mass is 16.4. The molecular weight excluding hydrogens is 1640 g/mol. The van der Waals surface area contributed by atoms with E-state index < -0.39 is 285 Å². The van der Waals surface area contributed by atoms with Gasteiger partial charge in [0.15, 0.2) is 11.9 Å². The Morgan fingerprint density at radius 1 is 0.444 bits per heavy atom. The van der Waals surface area contributed by atoms with Crippen molar-refractivity contribution in [1.82, 2.24) is 84.7 Å². The second-order valence-corrected chi connectivity index (χ2v) is 29.4. The maximum atomic E-state index is 14.6. The molecule has 0 saturated carbocycles. The Balaban J connectivity index is 2.50. The molecule has 50 nitrogen and oxygen atoms in total. The quantitative estimate of drug-likeness (QED) is 0.0164. The number of guanidine groups is 2. The Kier molecular flexibility index (Phi) is 47.4. The van der Waals surface area contributed by atoms with Crippen molar-refractivity contribution in [3.05, 3.63) is 29.8 Å². The molecule has 124 heavy (non-hydrogen) atoms. The highest BCUT2D eigenvalue weighted by Crippen LogP contribution is 2.22. The maximum Gasteiger partial charge on any atom is 0.326 e. The van der Waals surface area contributed by atoms with Crippen molar-refractivity contribution in [1.29, 1.82) is 10.8 Å². The molecular formula is C74H119N23O27. The second-order valence-electron chi connectivity index (χ2n) is 29.4. The largest absolute Gasteiger partial charge is 0.508 e. The lowest BCUT2D eigenvalue weighted by Crippen LogP contribution is -2.62. The Morgan fingerprint density at radius 2 is 0.839 bits per heavy atom. The van der Waals surface area contributed by atoms with Gasteiger partial charge in [-0.3, -0.25) is 102 Å². The van der Waals surface area contributed by atoms with Crippen molar-refractivity contribution in [2.75, 3.05) is 39.3 Å². The molecule has 0 radical (unpaired) electrons. The molecule has 50 heteroatoms. The number of carbonyl (C=O) groups excluding carboxylic acids is 15. The zero-order valence-corrected chi connectivity index (χ0v) is 69.4. The molecule has 692 valence electrons. The average Bonchev–Trinajstić information content (AvgIpc) is 1.63. The zero-order chi connectivity index (χ0) is 93.8. The van der Waals surface area contributed by atoms with Gasteiger partial charge < -0.3 is 149 Å². The molecule has 2 rings (SSSR count). The first-order valence-corrected chi connectivity index (χ1v) is 39.9. The minimum absolute atomic E-state index is 0.00348. The first-order chi connectivity index (χ1) is 58.3. The first-order valence-electron chi connectivity index (χ1n) is 39.9. The van der Waals surface area contributed by atoms with Crippen LogP contribution >= 0.6 is 0 Å². The number of carboxylic acid groups (broad SMARTS) is 5. The van der Waals surface area contributed by atoms with E-state index in [1.54, 1.807) is 27.7 Å². The third-order valence-corrected chi connectivity index (χ3v) is 19.6. The van der Waals surface area contributed by atoms with E-state index in [0.29, 0.717) is 6.42 Å². The number of phenolic OH excluding ortho intramolecular Hbond substituents is 1. The van der Waals surface area contributed by atoms with Crippen LogP contribution in [0.5, 0.6) is 5.75 Å². The van der Waals surface area contributed by atoms with Crippen molar-refractivity contribution < 1.29 is 132 Å². The Labute approximate surface area is 711 Å². The number of aromatic hydroxyl groups is 1. The molecule has 0 aromatic heterocycles. The van der Waals surface area contributed by atoms with Crippen molar-refractivity contribution in [3.8, 4) is 5.75 Å². The van der Waals surface area contributed by atoms with Gasteiger partial charge in [-0.05, 0) is 114 Å². The number of rotatable bonds is 59. The van der Waals surface area contributed by atoms with Crippen LogP contribution in [0.25, 0.3) is 0 Å². The van der Waals surface area contributed by atoms with Gasteiger partial charge in [-0.15, -0.1) is 0 Å². The highest BCUT2D eigenvalue weighted by Gasteiger charge is 2.43. The van der Waals surface area contributed by atoms with Crippen LogP contribution in [0.15, 0.2) is 24.3 Å². The van der Waals surface area contributed by atoms with Gasteiger partial charge >= 0.3 is 29.8 Å². The fraction of sp³-hybridized carbons (Fsp3) is 0.622. The monoisotopic (exact) mass is 1760 g/mol. The number of nitrogens with two attached hydrogens (primary N) is 5. The molecule has 0 spiro atoms. The number of phenols is 1. The summed E-state index contributed by atoms with van der Waals surface area (Å²) in [4.78, 5) is 270. The number of nitrogens with zero attached hydrogens (tertiary/aromatic N) is 1. The van der Waals surface area contributed by atoms with Crippen LogP contribution in [0, 0.1) is 22.7 Å². The Hall–Kier alpha value is -13.2. The van der Waals surface area contributed by atoms with Crippen molar-refractivity contribution in [2.24, 2.45) is 40.5 Å². The number of hydrogen-bond donors (Lipinski definition) is 29. The van der Waals surface area contributed by atoms with Gasteiger partial charge in [0.2, 0.25) is 88.6 Å². The molecule has 15 amide bonds. The SMILES string of the molecule is CC[C@H](C)[C@H](NC(=O)[C@H](CCCNC(=N)N)NC(=O)CN)C(=O)N[C@H](C(=O)N[C@@H](C)C(=O)N[C@@H](CO)C(=O)N[C@@H](Cc1ccc(O)cc1)C(=O)N[C@@H](CC(=O)O)C(=O)N1CCC[C@H]1C(=O)N[C@@H](CC(=O)O)C(=O)N[C@@H](CC(N)=O)C(=O)N[C@@H](CCCCN)C(=O)N[C@@H](CCC(=O)O)C(=O)N[C@@H](CCC(=O)O)C(=O)N[C@@H](CCCNC(=N)N)C(=O)O)[C@@H](C)CC. The number of unbranched alkanes of at least 4 members (excludes halogenated alkanes) is 1. The number of nitrogens with one attached hydrogen (secondary N) is 17. The molecule has 16 atom stereocenters. The summed E-state index contributed by atoms with van der Waals surface area (Å²) in [6, 6.07) is -19.7. The molecule has 0 aliphatic carbocycles. The Bertz CT molecular complexity index is 3930. The van der Waals surface area contributed by atoms with Crippen LogP contribution in [-0.4, -0.2) is 295 Å². The number of aliphatic hydroxyl groups excluding tert-OH is 1. The zero-order valence-electron chi connectivity index (χ0n) is 69.4. The smallest absolute Gasteiger partial charge is 0.326 e. The fourth-order valence-corrected chi connectivity index (χ4v) is 12.4. The minimum atomic E-state index is -2.22. The standard InChI is InChI=1S/C74H119N23O27/c1-6-35(3)57(96-70(121)58(36(4)7-2)95-63(114)40(85-52(101)33-76)14-10-26-82-73(78)79)69(120)84-37(5)59(110)94-49(34-98)67(118)90-45(29-38-17-19-39(99)20-18-38)64(115)93-48(32-56(108)109)71(122)97-28-12-16-50(97)68(119)92-47(31-55(106)107)66(117)91-46(30-51(77)100)65(116)86-41(13-8-9-25-75)60(111)87-42(21-23-53(102)103)61(112)88-43(22-24-54(104)105)62(113)89-44(72(123)124)15-11-27-83-74(80)81/h17-20,35-37,40-50,57-58,98-99H,6-16,21-34,75-76H2,1-5H3,(H2,77,100)(H,84,120)(H,85,101)(H,86,116)(H,87,111)(H,88,112)(H,89,113)(H,90,118)(H,91,117)(H,92,119)(H,93,115)(H,94,110)(H,95,114)(H,96,121)(H,102,103)(H,104,105)(H,106,107)(H,108,109)(H,123,124)(H4,78,79,82)(H4,80,81,83)/t35-,36-,37-,40-,41-,42-,43-,44-,45-,46-,47-,48-,49-,50-,57-,58-/m0/s1. The van der Waals surface area contributed by atoms with E-state index in [2.05, 4.69) is 79.8 Å². The number of aliphatic hydroxyl groups is 1. The molecule has 1 aromatic rings. The predicted molar refractivity (Wildman–Crippen MR) is 433 cm³/mol. The van der Waals surface area contributed by atoms with Crippen molar-refractivity contribution >= 4 is 130 Å². The van der Waals surface area contributed by atoms with Gasteiger partial charge in [0.05, 0.1) is 32.4 Å². The number of carboxylic acids is 5. The van der Waals surface area contributed by atoms with E-state index in [9.17, 15) is 132 Å². The molecule has 1 fully saturated rings. The summed E-state index contributed by atoms with van der Waals surface area (Å²) in [6.07, 6.45) is -7.15. The predicted octanol–water partition coefficient (Wildman–Crippen LogP) is -9.41. The number of carbonyl (C=O) groups is 20. The molecule has 1 aliphatic rings. The van der Waals surface area contributed by atoms with Gasteiger partial charge in [0, 0.05) is 38.9 Å². The van der Waals surface area contributed by atoms with E-state index in [0.717, 1.165) is 4.90 Å². The van der Waals surface area contributed by atoms with E-state index in [4.69, 9.17) is 39.5 Å². The van der Waals surface area contributed by atoms with Crippen LogP contribution in [0.3, 0.4) is 0 Å². The summed E-state index contributed by atoms with van der Waals surface area (Å²) in [5, 5.41) is 120. The first kappa shape index (κ1) is 107. The summed E-state index contributed by atoms with van der Waals surface area (Å²) in [6.45, 7) is 5.97. The van der Waals surface area contributed by atoms with Gasteiger partial charge in [-0.25, -0.2) is 4.79 Å². The number of amides is 15. The van der Waals surface area contributed by atoms with E-state index in [1.807, 2.05) is 0 Å². The molecule has 0 bridgehead atoms. The van der Waals surface area contributed by atoms with Gasteiger partial charge in [0.1, 0.15) is 90.3 Å². The summed E-state index contributed by atoms with van der Waals surface area (Å²) < 4.78 is 0. The van der Waals surface area contributed by atoms with E-state index in [1.165, 1.54) is 31.2 Å². The lowest BCUT2D eigenvalue weighted by molar-refractivity contribution is -0.147. The molecule has 1 saturated heterocycles. The van der Waals surface area contributed by atoms with Crippen molar-refractivity contribution in [2.45, 2.75) is 241 Å². The van der Waals surface area contributed by atoms with Crippen molar-refractivity contribution in [3.63, 3.8) is 0 Å². The number of likely N-dealkylation sites (tertiary alicyclic amines) is 1. The third kappa shape index (κ3) is 39.1. The highest BCUT2D eigenvalue weighted by molar-refractivity contribution is 6.02. The van der Waals surface area contributed by atoms with Crippen LogP contribution in [0.1, 0.15) is 156 Å². The van der Waals surface area contributed by atoms with Crippen LogP contribution in [-0.2, 0) is 102 Å². The summed E-state index contributed by atoms with van der Waals surface area (Å²) in [5.41, 5.74) is 27.5. The lowest BCUT2D eigenvalue weighted by Gasteiger charge is -2.31. The van der Waals surface area contributed by atoms with Crippen LogP contribution in [0.2, 0.25) is 0 Å². The lowest BCUT2D eigenvalue weighted by atomic mass is 9.94. The molecule has 1 aromatic carbocycles. The molecule has 0 unspecified atom stereocenters. The molecule has 34 N–H and O–H groups in total. The third-order valence-electron chi connectivity index (χ3n) is 19.6. The average molecular weight is 1760 g/mol. The summed E-state index contributed by atoms with van der Waals surface area (Å²) >= 11 is 0. The van der Waals surface area contributed by atoms with Crippen LogP contribution < -0.4 is 108 Å². The van der Waals surface area contributed by atoms with Gasteiger partial charge in [0.25, 0.3) is 0 Å². The Morgan fingerprint density at radius 3 is 1.30 bits per heavy atom. The summed E-state index contributed by atoms with van der Waals surface area (Å²) in [7, 11) is 0. The minimum Gasteiger partial charge on any atom is -0.508 e. The number of aliphatic carboxylic acids is 5. The van der Waals surface area contributed by atoms with E-state index >= 15 is 0 Å². The maximum absolute atomic E-state index is 14.6.